The van der Waals surface area contributed by atoms with Crippen LogP contribution in [0.4, 0.5) is 0 Å². The third-order valence-corrected chi connectivity index (χ3v) is 11.1. The van der Waals surface area contributed by atoms with E-state index in [2.05, 4.69) is 64.3 Å². The maximum atomic E-state index is 9.22. The van der Waals surface area contributed by atoms with Gasteiger partial charge in [-0.25, -0.2) is 16.8 Å². The first-order valence-corrected chi connectivity index (χ1v) is 24.3. The highest BCUT2D eigenvalue weighted by Gasteiger charge is 2.46. The molecule has 0 aromatic carbocycles. The van der Waals surface area contributed by atoms with E-state index >= 15 is 0 Å². The molecule has 0 bridgehead atoms. The van der Waals surface area contributed by atoms with Gasteiger partial charge in [-0.05, 0) is 39.5 Å². The Kier molecular flexibility index (Phi) is 33.4. The average Bonchev–Trinajstić information content (AvgIpc) is 3.35. The van der Waals surface area contributed by atoms with Crippen LogP contribution in [0.1, 0.15) is 182 Å². The van der Waals surface area contributed by atoms with Gasteiger partial charge in [0, 0.05) is 0 Å². The Morgan fingerprint density at radius 2 is 0.673 bits per heavy atom. The molecular formula is C41H88N2O10S2. The third kappa shape index (κ3) is 40.2. The standard InChI is InChI=1S/C39H82N2O2.2CH4O4S/c1-9-11-13-15-17-19-21-23-25-27-29-31-33-40(5,6)35-37-38(43-39(3,4)42-37)36-41(7,8)34-32-30-28-26-24-22-20-18-16-14-12-10-2;2*1-5-6(2,3)4/h37-38H,9-36H2,1-8H3;2*1H3,(H,2,3,4)/q+2;;/p-2/t37-,38-;;/m0../s1. The predicted octanol–water partition coefficient (Wildman–Crippen LogP) is 9.25. The summed E-state index contributed by atoms with van der Waals surface area (Å²) in [6.07, 6.45) is 34.3. The molecule has 1 rings (SSSR count). The fraction of sp³-hybridized carbons (Fsp3) is 1.00. The lowest BCUT2D eigenvalue weighted by molar-refractivity contribution is -0.900. The maximum absolute atomic E-state index is 9.22. The predicted molar refractivity (Wildman–Crippen MR) is 223 cm³/mol. The van der Waals surface area contributed by atoms with Crippen molar-refractivity contribution in [3.05, 3.63) is 0 Å². The van der Waals surface area contributed by atoms with Crippen molar-refractivity contribution in [2.75, 3.05) is 68.6 Å². The van der Waals surface area contributed by atoms with Crippen LogP contribution in [0.5, 0.6) is 0 Å². The van der Waals surface area contributed by atoms with Gasteiger partial charge in [-0.2, -0.15) is 0 Å². The summed E-state index contributed by atoms with van der Waals surface area (Å²) in [5, 5.41) is 0. The first kappa shape index (κ1) is 56.7. The van der Waals surface area contributed by atoms with Crippen LogP contribution in [0.2, 0.25) is 0 Å². The molecule has 0 N–H and O–H groups in total. The minimum absolute atomic E-state index is 0.182. The highest BCUT2D eigenvalue weighted by Crippen LogP contribution is 2.31. The average molecular weight is 833 g/mol. The van der Waals surface area contributed by atoms with Crippen LogP contribution >= 0.6 is 0 Å². The van der Waals surface area contributed by atoms with Gasteiger partial charge in [-0.1, -0.05) is 142 Å². The van der Waals surface area contributed by atoms with E-state index in [0.29, 0.717) is 0 Å². The summed E-state index contributed by atoms with van der Waals surface area (Å²) < 4.78 is 77.2. The van der Waals surface area contributed by atoms with Crippen molar-refractivity contribution in [1.82, 2.24) is 0 Å². The topological polar surface area (TPSA) is 151 Å². The van der Waals surface area contributed by atoms with Gasteiger partial charge in [0.2, 0.25) is 20.8 Å². The van der Waals surface area contributed by atoms with E-state index < -0.39 is 26.6 Å². The molecule has 1 aliphatic heterocycles. The second-order valence-corrected chi connectivity index (χ2v) is 19.6. The first-order valence-electron chi connectivity index (χ1n) is 21.6. The molecule has 334 valence electrons. The second-order valence-electron chi connectivity index (χ2n) is 17.3. The summed E-state index contributed by atoms with van der Waals surface area (Å²) in [4.78, 5) is 0. The summed E-state index contributed by atoms with van der Waals surface area (Å²) in [5.41, 5.74) is 0. The summed E-state index contributed by atoms with van der Waals surface area (Å²) in [6.45, 7) is 13.4. The molecule has 0 unspecified atom stereocenters. The zero-order valence-corrected chi connectivity index (χ0v) is 38.9. The normalized spacial score (nSPS) is 17.4. The molecule has 0 aromatic heterocycles. The van der Waals surface area contributed by atoms with Crippen molar-refractivity contribution >= 4 is 20.8 Å². The van der Waals surface area contributed by atoms with Crippen molar-refractivity contribution in [2.24, 2.45) is 0 Å². The van der Waals surface area contributed by atoms with Gasteiger partial charge in [0.05, 0.1) is 55.5 Å². The lowest BCUT2D eigenvalue weighted by Crippen LogP contribution is -2.53. The van der Waals surface area contributed by atoms with Crippen molar-refractivity contribution in [1.29, 1.82) is 0 Å². The lowest BCUT2D eigenvalue weighted by atomic mass is 10.0. The Balaban J connectivity index is 0. The molecule has 1 heterocycles. The number of ether oxygens (including phenoxy) is 2. The van der Waals surface area contributed by atoms with E-state index in [0.717, 1.165) is 36.3 Å². The highest BCUT2D eigenvalue weighted by atomic mass is 32.3. The SMILES string of the molecule is CCCCCCCCCCCCCC[N+](C)(C)C[C@@H]1OC(C)(C)O[C@H]1C[N+](C)(C)CCCCCCCCCCCCCC.COS(=O)(=O)[O-].COS(=O)(=O)[O-]. The molecule has 12 nitrogen and oxygen atoms in total. The summed E-state index contributed by atoms with van der Waals surface area (Å²) in [6, 6.07) is 0. The lowest BCUT2D eigenvalue weighted by Gasteiger charge is -2.36. The van der Waals surface area contributed by atoms with E-state index in [9.17, 15) is 25.9 Å². The van der Waals surface area contributed by atoms with Crippen LogP contribution in [0.3, 0.4) is 0 Å². The van der Waals surface area contributed by atoms with Crippen LogP contribution in [0, 0.1) is 0 Å². The van der Waals surface area contributed by atoms with Crippen molar-refractivity contribution in [3.8, 4) is 0 Å². The van der Waals surface area contributed by atoms with Gasteiger partial charge in [-0.3, -0.25) is 8.37 Å². The quantitative estimate of drug-likeness (QED) is 0.0278. The first-order chi connectivity index (χ1) is 25.6. The number of quaternary nitrogens is 2. The highest BCUT2D eigenvalue weighted by molar-refractivity contribution is 7.81. The minimum atomic E-state index is -4.41. The molecule has 1 saturated heterocycles. The molecule has 55 heavy (non-hydrogen) atoms. The fourth-order valence-electron chi connectivity index (χ4n) is 7.14. The summed E-state index contributed by atoms with van der Waals surface area (Å²) in [5.74, 6) is -0.471. The number of likely N-dealkylation sites (N-methyl/N-ethyl adjacent to an activating group) is 2. The molecule has 0 radical (unpaired) electrons. The number of rotatable bonds is 32. The number of hydrogen-bond acceptors (Lipinski definition) is 10. The molecular weight excluding hydrogens is 745 g/mol. The summed E-state index contributed by atoms with van der Waals surface area (Å²) in [7, 11) is 2.39. The van der Waals surface area contributed by atoms with Crippen LogP contribution < -0.4 is 0 Å². The zero-order valence-electron chi connectivity index (χ0n) is 37.2. The third-order valence-electron chi connectivity index (χ3n) is 10.3. The Hall–Kier alpha value is -0.420. The molecule has 1 fully saturated rings. The van der Waals surface area contributed by atoms with Crippen LogP contribution in [-0.2, 0) is 38.6 Å². The Labute approximate surface area is 340 Å². The molecule has 2 atom stereocenters. The molecule has 1 aliphatic rings. The van der Waals surface area contributed by atoms with Gasteiger partial charge in [0.1, 0.15) is 25.3 Å². The van der Waals surface area contributed by atoms with Gasteiger partial charge in [0.25, 0.3) is 0 Å². The second kappa shape index (κ2) is 32.4. The number of hydrogen-bond donors (Lipinski definition) is 0. The largest absolute Gasteiger partial charge is 0.726 e. The monoisotopic (exact) mass is 833 g/mol. The molecule has 0 aliphatic carbocycles. The van der Waals surface area contributed by atoms with Gasteiger partial charge < -0.3 is 27.5 Å². The Bertz CT molecular complexity index is 1020. The smallest absolute Gasteiger partial charge is 0.217 e. The number of nitrogens with zero attached hydrogens (tertiary/aromatic N) is 2. The van der Waals surface area contributed by atoms with Gasteiger partial charge >= 0.3 is 0 Å². The van der Waals surface area contributed by atoms with Crippen LogP contribution in [-0.4, -0.2) is 121 Å². The minimum Gasteiger partial charge on any atom is -0.726 e. The van der Waals surface area contributed by atoms with E-state index in [1.807, 2.05) is 0 Å². The summed E-state index contributed by atoms with van der Waals surface area (Å²) >= 11 is 0. The van der Waals surface area contributed by atoms with Crippen LogP contribution in [0.25, 0.3) is 0 Å². The molecule has 0 spiro atoms. The van der Waals surface area contributed by atoms with Gasteiger partial charge in [-0.15, -0.1) is 0 Å². The van der Waals surface area contributed by atoms with E-state index in [4.69, 9.17) is 9.47 Å². The van der Waals surface area contributed by atoms with Gasteiger partial charge in [0.15, 0.2) is 5.79 Å². The number of unbranched alkanes of at least 4 members (excludes halogenated alkanes) is 22. The van der Waals surface area contributed by atoms with Crippen molar-refractivity contribution in [3.63, 3.8) is 0 Å². The van der Waals surface area contributed by atoms with E-state index in [1.165, 1.54) is 167 Å². The maximum Gasteiger partial charge on any atom is 0.217 e. The zero-order chi connectivity index (χ0) is 42.3. The van der Waals surface area contributed by atoms with E-state index in [1.54, 1.807) is 0 Å². The molecule has 0 amide bonds. The fourth-order valence-corrected chi connectivity index (χ4v) is 7.14. The Morgan fingerprint density at radius 1 is 0.473 bits per heavy atom. The van der Waals surface area contributed by atoms with E-state index in [-0.39, 0.29) is 12.2 Å². The Morgan fingerprint density at radius 3 is 0.873 bits per heavy atom. The van der Waals surface area contributed by atoms with Crippen molar-refractivity contribution in [2.45, 2.75) is 200 Å². The molecule has 0 saturated carbocycles. The molecule has 0 aromatic rings. The van der Waals surface area contributed by atoms with Crippen LogP contribution in [0.15, 0.2) is 0 Å². The molecule has 14 heteroatoms. The van der Waals surface area contributed by atoms with Crippen molar-refractivity contribution < 1.29 is 52.7 Å².